The second-order valence-corrected chi connectivity index (χ2v) is 3.64. The highest BCUT2D eigenvalue weighted by Crippen LogP contribution is 2.18. The Bertz CT molecular complexity index is 104. The van der Waals surface area contributed by atoms with Crippen LogP contribution in [-0.4, -0.2) is 26.2 Å². The minimum Gasteiger partial charge on any atom is -0.320 e. The molecule has 1 heterocycles. The predicted octanol–water partition coefficient (Wildman–Crippen LogP) is 0.984. The number of piperidine rings is 1. The molecule has 0 radical (unpaired) electrons. The lowest BCUT2D eigenvalue weighted by Gasteiger charge is -2.27. The van der Waals surface area contributed by atoms with Crippen molar-refractivity contribution in [3.63, 3.8) is 0 Å². The molecule has 1 aliphatic heterocycles. The van der Waals surface area contributed by atoms with E-state index in [2.05, 4.69) is 17.6 Å². The van der Waals surface area contributed by atoms with Gasteiger partial charge in [0, 0.05) is 6.04 Å². The van der Waals surface area contributed by atoms with E-state index in [0.29, 0.717) is 0 Å². The van der Waals surface area contributed by atoms with Gasteiger partial charge in [-0.2, -0.15) is 0 Å². The van der Waals surface area contributed by atoms with Gasteiger partial charge in [0.15, 0.2) is 0 Å². The van der Waals surface area contributed by atoms with Crippen LogP contribution < -0.4 is 10.6 Å². The molecular weight excluding hydrogens is 136 g/mol. The molecule has 0 bridgehead atoms. The average molecular weight is 156 g/mol. The van der Waals surface area contributed by atoms with Crippen LogP contribution in [0.15, 0.2) is 0 Å². The van der Waals surface area contributed by atoms with Gasteiger partial charge in [-0.25, -0.2) is 0 Å². The van der Waals surface area contributed by atoms with Crippen LogP contribution in [0.5, 0.6) is 0 Å². The van der Waals surface area contributed by atoms with Crippen LogP contribution in [-0.2, 0) is 0 Å². The van der Waals surface area contributed by atoms with Crippen LogP contribution in [0.1, 0.15) is 26.2 Å². The summed E-state index contributed by atoms with van der Waals surface area (Å²) in [6.07, 6.45) is 4.08. The van der Waals surface area contributed by atoms with Gasteiger partial charge in [-0.05, 0) is 52.2 Å². The van der Waals surface area contributed by atoms with Gasteiger partial charge < -0.3 is 10.6 Å². The predicted molar refractivity (Wildman–Crippen MR) is 48.7 cm³/mol. The smallest absolute Gasteiger partial charge is 0.00413 e. The molecule has 0 aliphatic carbocycles. The molecule has 0 amide bonds. The maximum absolute atomic E-state index is 3.47. The molecule has 0 unspecified atom stereocenters. The van der Waals surface area contributed by atoms with Crippen molar-refractivity contribution in [2.75, 3.05) is 20.1 Å². The maximum atomic E-state index is 3.47. The van der Waals surface area contributed by atoms with Gasteiger partial charge >= 0.3 is 0 Å². The standard InChI is InChI=1S/C9H20N2/c1-8-7-9(3-5-10-2)4-6-11-8/h8-11H,3-7H2,1-2H3/t8-,9-/m1/s1. The monoisotopic (exact) mass is 156 g/mol. The molecule has 2 nitrogen and oxygen atoms in total. The number of hydrogen-bond donors (Lipinski definition) is 2. The van der Waals surface area contributed by atoms with E-state index >= 15 is 0 Å². The van der Waals surface area contributed by atoms with E-state index in [-0.39, 0.29) is 0 Å². The highest BCUT2D eigenvalue weighted by atomic mass is 14.9. The van der Waals surface area contributed by atoms with Crippen LogP contribution in [0, 0.1) is 5.92 Å². The first-order chi connectivity index (χ1) is 5.33. The second-order valence-electron chi connectivity index (χ2n) is 3.64. The SMILES string of the molecule is CNCC[C@@H]1CCN[C@H](C)C1. The molecule has 1 aliphatic rings. The lowest BCUT2D eigenvalue weighted by atomic mass is 9.90. The Labute approximate surface area is 69.8 Å². The molecule has 11 heavy (non-hydrogen) atoms. The van der Waals surface area contributed by atoms with Gasteiger partial charge in [-0.3, -0.25) is 0 Å². The minimum absolute atomic E-state index is 0.741. The van der Waals surface area contributed by atoms with E-state index in [4.69, 9.17) is 0 Å². The lowest BCUT2D eigenvalue weighted by Crippen LogP contribution is -2.36. The molecule has 0 aromatic carbocycles. The summed E-state index contributed by atoms with van der Waals surface area (Å²) in [4.78, 5) is 0. The summed E-state index contributed by atoms with van der Waals surface area (Å²) in [6, 6.07) is 0.741. The van der Waals surface area contributed by atoms with Crippen molar-refractivity contribution in [1.82, 2.24) is 10.6 Å². The summed E-state index contributed by atoms with van der Waals surface area (Å²) in [5, 5.41) is 6.68. The largest absolute Gasteiger partial charge is 0.320 e. The molecule has 2 N–H and O–H groups in total. The van der Waals surface area contributed by atoms with Gasteiger partial charge in [-0.1, -0.05) is 0 Å². The first kappa shape index (κ1) is 9.01. The van der Waals surface area contributed by atoms with E-state index in [1.165, 1.54) is 32.4 Å². The molecule has 0 aromatic heterocycles. The summed E-state index contributed by atoms with van der Waals surface area (Å²) < 4.78 is 0. The van der Waals surface area contributed by atoms with Crippen molar-refractivity contribution in [1.29, 1.82) is 0 Å². The third-order valence-electron chi connectivity index (χ3n) is 2.53. The van der Waals surface area contributed by atoms with E-state index in [1.807, 2.05) is 7.05 Å². The summed E-state index contributed by atoms with van der Waals surface area (Å²) >= 11 is 0. The Morgan fingerprint density at radius 2 is 2.36 bits per heavy atom. The molecule has 1 rings (SSSR count). The number of rotatable bonds is 3. The Morgan fingerprint density at radius 3 is 3.00 bits per heavy atom. The zero-order valence-corrected chi connectivity index (χ0v) is 7.69. The van der Waals surface area contributed by atoms with Crippen LogP contribution in [0.25, 0.3) is 0 Å². The molecule has 0 saturated carbocycles. The zero-order chi connectivity index (χ0) is 8.10. The first-order valence-corrected chi connectivity index (χ1v) is 4.71. The first-order valence-electron chi connectivity index (χ1n) is 4.71. The fourth-order valence-electron chi connectivity index (χ4n) is 1.85. The molecule has 1 fully saturated rings. The van der Waals surface area contributed by atoms with Crippen molar-refractivity contribution in [2.24, 2.45) is 5.92 Å². The van der Waals surface area contributed by atoms with Crippen LogP contribution in [0.2, 0.25) is 0 Å². The lowest BCUT2D eigenvalue weighted by molar-refractivity contribution is 0.299. The van der Waals surface area contributed by atoms with Gasteiger partial charge in [-0.15, -0.1) is 0 Å². The van der Waals surface area contributed by atoms with Crippen LogP contribution in [0.4, 0.5) is 0 Å². The van der Waals surface area contributed by atoms with Gasteiger partial charge in [0.25, 0.3) is 0 Å². The second kappa shape index (κ2) is 4.73. The topological polar surface area (TPSA) is 24.1 Å². The number of hydrogen-bond acceptors (Lipinski definition) is 2. The molecule has 0 aromatic rings. The normalized spacial score (nSPS) is 32.2. The Hall–Kier alpha value is -0.0800. The van der Waals surface area contributed by atoms with Crippen molar-refractivity contribution < 1.29 is 0 Å². The van der Waals surface area contributed by atoms with Crippen LogP contribution in [0.3, 0.4) is 0 Å². The highest BCUT2D eigenvalue weighted by molar-refractivity contribution is 4.75. The van der Waals surface area contributed by atoms with Crippen molar-refractivity contribution in [2.45, 2.75) is 32.2 Å². The van der Waals surface area contributed by atoms with Gasteiger partial charge in [0.2, 0.25) is 0 Å². The van der Waals surface area contributed by atoms with Crippen molar-refractivity contribution >= 4 is 0 Å². The van der Waals surface area contributed by atoms with E-state index in [0.717, 1.165) is 12.0 Å². The van der Waals surface area contributed by atoms with Gasteiger partial charge in [0.05, 0.1) is 0 Å². The summed E-state index contributed by atoms with van der Waals surface area (Å²) in [6.45, 7) is 4.68. The molecule has 2 atom stereocenters. The molecular formula is C9H20N2. The highest BCUT2D eigenvalue weighted by Gasteiger charge is 2.16. The molecule has 2 heteroatoms. The number of nitrogens with one attached hydrogen (secondary N) is 2. The Balaban J connectivity index is 2.12. The van der Waals surface area contributed by atoms with E-state index < -0.39 is 0 Å². The summed E-state index contributed by atoms with van der Waals surface area (Å²) in [5.74, 6) is 0.957. The third-order valence-corrected chi connectivity index (χ3v) is 2.53. The van der Waals surface area contributed by atoms with Crippen molar-refractivity contribution in [3.05, 3.63) is 0 Å². The average Bonchev–Trinajstić information content (AvgIpc) is 2.01. The van der Waals surface area contributed by atoms with E-state index in [1.54, 1.807) is 0 Å². The summed E-state index contributed by atoms with van der Waals surface area (Å²) in [5.41, 5.74) is 0. The fraction of sp³-hybridized carbons (Fsp3) is 1.00. The molecule has 0 spiro atoms. The molecule has 66 valence electrons. The Morgan fingerprint density at radius 1 is 1.55 bits per heavy atom. The minimum atomic E-state index is 0.741. The quantitative estimate of drug-likeness (QED) is 0.636. The van der Waals surface area contributed by atoms with Crippen molar-refractivity contribution in [3.8, 4) is 0 Å². The maximum Gasteiger partial charge on any atom is 0.00413 e. The molecule has 1 saturated heterocycles. The van der Waals surface area contributed by atoms with Gasteiger partial charge in [0.1, 0.15) is 0 Å². The van der Waals surface area contributed by atoms with Crippen LogP contribution >= 0.6 is 0 Å². The Kier molecular flexibility index (Phi) is 3.87. The fourth-order valence-corrected chi connectivity index (χ4v) is 1.85. The zero-order valence-electron chi connectivity index (χ0n) is 7.69. The summed E-state index contributed by atoms with van der Waals surface area (Å²) in [7, 11) is 2.03. The van der Waals surface area contributed by atoms with E-state index in [9.17, 15) is 0 Å². The third kappa shape index (κ3) is 3.21.